The number of hydrogen-bond donors (Lipinski definition) is 0. The maximum absolute atomic E-state index is 14.5. The zero-order chi connectivity index (χ0) is 21.1. The van der Waals surface area contributed by atoms with Gasteiger partial charge in [-0.15, -0.1) is 11.8 Å². The maximum Gasteiger partial charge on any atom is 0.129 e. The van der Waals surface area contributed by atoms with E-state index in [1.807, 2.05) is 0 Å². The Morgan fingerprint density at radius 3 is 2.30 bits per heavy atom. The van der Waals surface area contributed by atoms with E-state index >= 15 is 0 Å². The smallest absolute Gasteiger partial charge is 0.129 e. The summed E-state index contributed by atoms with van der Waals surface area (Å²) in [4.78, 5) is 6.05. The fraction of sp³-hybridized carbons (Fsp3) is 0.280. The lowest BCUT2D eigenvalue weighted by atomic mass is 10.1. The van der Waals surface area contributed by atoms with Crippen molar-refractivity contribution >= 4 is 23.4 Å². The van der Waals surface area contributed by atoms with Gasteiger partial charge in [0.25, 0.3) is 0 Å². The van der Waals surface area contributed by atoms with E-state index in [0.717, 1.165) is 19.6 Å². The van der Waals surface area contributed by atoms with E-state index in [1.54, 1.807) is 23.9 Å². The standard InChI is InChI=1S/C25H26ClFN2S/c1-18-6-3-4-7-20(18)16-28-14-15-29(17-22-23(26)8-5-9-24(22)27)25(28)19-10-12-21(30-2)13-11-19/h3-13,25H,14-17H2,1-2H3/t25-/m0/s1. The number of nitrogens with zero attached hydrogens (tertiary/aromatic N) is 2. The fourth-order valence-electron chi connectivity index (χ4n) is 4.15. The summed E-state index contributed by atoms with van der Waals surface area (Å²) in [6.45, 7) is 5.30. The molecule has 30 heavy (non-hydrogen) atoms. The topological polar surface area (TPSA) is 6.48 Å². The Hall–Kier alpha value is -1.85. The Morgan fingerprint density at radius 2 is 1.63 bits per heavy atom. The van der Waals surface area contributed by atoms with Crippen LogP contribution in [0.2, 0.25) is 5.02 Å². The van der Waals surface area contributed by atoms with E-state index in [9.17, 15) is 4.39 Å². The van der Waals surface area contributed by atoms with Gasteiger partial charge in [-0.05, 0) is 54.1 Å². The number of halogens is 2. The van der Waals surface area contributed by atoms with Crippen LogP contribution in [0.4, 0.5) is 4.39 Å². The molecule has 1 saturated heterocycles. The molecule has 4 rings (SSSR count). The highest BCUT2D eigenvalue weighted by Gasteiger charge is 2.34. The van der Waals surface area contributed by atoms with Crippen molar-refractivity contribution in [3.8, 4) is 0 Å². The highest BCUT2D eigenvalue weighted by atomic mass is 35.5. The predicted molar refractivity (Wildman–Crippen MR) is 124 cm³/mol. The fourth-order valence-corrected chi connectivity index (χ4v) is 4.78. The molecule has 0 aliphatic carbocycles. The van der Waals surface area contributed by atoms with Gasteiger partial charge in [-0.2, -0.15) is 0 Å². The van der Waals surface area contributed by atoms with Crippen molar-refractivity contribution in [2.45, 2.75) is 31.1 Å². The first-order chi connectivity index (χ1) is 14.6. The summed E-state index contributed by atoms with van der Waals surface area (Å²) in [6.07, 6.45) is 2.16. The minimum Gasteiger partial charge on any atom is -0.278 e. The molecular formula is C25H26ClFN2S. The molecule has 1 aliphatic rings. The highest BCUT2D eigenvalue weighted by Crippen LogP contribution is 2.35. The lowest BCUT2D eigenvalue weighted by molar-refractivity contribution is 0.124. The second-order valence-electron chi connectivity index (χ2n) is 7.71. The Balaban J connectivity index is 1.66. The number of aryl methyl sites for hydroxylation is 1. The number of benzene rings is 3. The van der Waals surface area contributed by atoms with Gasteiger partial charge in [-0.25, -0.2) is 4.39 Å². The third-order valence-electron chi connectivity index (χ3n) is 5.84. The van der Waals surface area contributed by atoms with Crippen molar-refractivity contribution in [3.05, 3.63) is 99.8 Å². The van der Waals surface area contributed by atoms with Crippen LogP contribution in [0.1, 0.15) is 28.4 Å². The number of hydrogen-bond acceptors (Lipinski definition) is 3. The number of thioether (sulfide) groups is 1. The largest absolute Gasteiger partial charge is 0.278 e. The Labute approximate surface area is 187 Å². The van der Waals surface area contributed by atoms with Gasteiger partial charge in [0.05, 0.1) is 6.17 Å². The molecule has 5 heteroatoms. The van der Waals surface area contributed by atoms with Crippen LogP contribution in [0.5, 0.6) is 0 Å². The van der Waals surface area contributed by atoms with Crippen molar-refractivity contribution in [3.63, 3.8) is 0 Å². The van der Waals surface area contributed by atoms with Crippen molar-refractivity contribution < 1.29 is 4.39 Å². The molecule has 0 unspecified atom stereocenters. The van der Waals surface area contributed by atoms with Gasteiger partial charge in [0.15, 0.2) is 0 Å². The zero-order valence-electron chi connectivity index (χ0n) is 17.3. The summed E-state index contributed by atoms with van der Waals surface area (Å²) in [5.41, 5.74) is 4.42. The molecule has 0 N–H and O–H groups in total. The molecule has 1 aliphatic heterocycles. The van der Waals surface area contributed by atoms with Crippen LogP contribution in [0.25, 0.3) is 0 Å². The van der Waals surface area contributed by atoms with Gasteiger partial charge >= 0.3 is 0 Å². The molecule has 0 radical (unpaired) electrons. The molecule has 3 aromatic rings. The molecule has 2 nitrogen and oxygen atoms in total. The van der Waals surface area contributed by atoms with Gasteiger partial charge in [0.1, 0.15) is 5.82 Å². The van der Waals surface area contributed by atoms with E-state index in [2.05, 4.69) is 71.5 Å². The van der Waals surface area contributed by atoms with E-state index in [1.165, 1.54) is 27.7 Å². The summed E-state index contributed by atoms with van der Waals surface area (Å²) in [5, 5.41) is 0.490. The lowest BCUT2D eigenvalue weighted by Gasteiger charge is -2.31. The monoisotopic (exact) mass is 440 g/mol. The van der Waals surface area contributed by atoms with Crippen LogP contribution >= 0.6 is 23.4 Å². The molecule has 1 atom stereocenters. The molecule has 3 aromatic carbocycles. The molecule has 0 amide bonds. The normalized spacial score (nSPS) is 17.5. The minimum absolute atomic E-state index is 0.0798. The minimum atomic E-state index is -0.240. The number of rotatable bonds is 6. The highest BCUT2D eigenvalue weighted by molar-refractivity contribution is 7.98. The van der Waals surface area contributed by atoms with Crippen molar-refractivity contribution in [1.82, 2.24) is 9.80 Å². The Bertz CT molecular complexity index is 988. The average Bonchev–Trinajstić information content (AvgIpc) is 3.14. The lowest BCUT2D eigenvalue weighted by Crippen LogP contribution is -2.31. The van der Waals surface area contributed by atoms with Crippen LogP contribution < -0.4 is 0 Å². The summed E-state index contributed by atoms with van der Waals surface area (Å²) in [5.74, 6) is -0.240. The molecular weight excluding hydrogens is 415 g/mol. The predicted octanol–water partition coefficient (Wildman–Crippen LogP) is 6.53. The average molecular weight is 441 g/mol. The molecule has 0 aromatic heterocycles. The van der Waals surface area contributed by atoms with E-state index in [-0.39, 0.29) is 12.0 Å². The first-order valence-corrected chi connectivity index (χ1v) is 11.8. The molecule has 156 valence electrons. The van der Waals surface area contributed by atoms with Crippen LogP contribution in [0.3, 0.4) is 0 Å². The molecule has 0 bridgehead atoms. The van der Waals surface area contributed by atoms with Crippen LogP contribution in [0.15, 0.2) is 71.6 Å². The van der Waals surface area contributed by atoms with Crippen LogP contribution in [-0.4, -0.2) is 29.1 Å². The van der Waals surface area contributed by atoms with Crippen LogP contribution in [-0.2, 0) is 13.1 Å². The van der Waals surface area contributed by atoms with E-state index < -0.39 is 0 Å². The second kappa shape index (κ2) is 9.52. The van der Waals surface area contributed by atoms with Crippen molar-refractivity contribution in [1.29, 1.82) is 0 Å². The Kier molecular flexibility index (Phi) is 6.79. The zero-order valence-corrected chi connectivity index (χ0v) is 18.9. The first-order valence-electron chi connectivity index (χ1n) is 10.2. The quantitative estimate of drug-likeness (QED) is 0.402. The Morgan fingerprint density at radius 1 is 0.933 bits per heavy atom. The van der Waals surface area contributed by atoms with Gasteiger partial charge in [-0.1, -0.05) is 54.1 Å². The molecule has 1 fully saturated rings. The summed E-state index contributed by atoms with van der Waals surface area (Å²) in [6, 6.07) is 22.2. The van der Waals surface area contributed by atoms with Gasteiger partial charge in [0.2, 0.25) is 0 Å². The summed E-state index contributed by atoms with van der Waals surface area (Å²) >= 11 is 8.08. The van der Waals surface area contributed by atoms with Gasteiger partial charge in [0, 0.05) is 41.7 Å². The third-order valence-corrected chi connectivity index (χ3v) is 6.94. The van der Waals surface area contributed by atoms with Crippen LogP contribution in [0, 0.1) is 12.7 Å². The maximum atomic E-state index is 14.5. The van der Waals surface area contributed by atoms with Crippen molar-refractivity contribution in [2.24, 2.45) is 0 Å². The molecule has 1 heterocycles. The SMILES string of the molecule is CSc1ccc([C@H]2N(Cc3ccccc3C)CCN2Cc2c(F)cccc2Cl)cc1. The third kappa shape index (κ3) is 4.57. The molecule has 0 saturated carbocycles. The van der Waals surface area contributed by atoms with E-state index in [4.69, 9.17) is 11.6 Å². The van der Waals surface area contributed by atoms with Gasteiger partial charge < -0.3 is 0 Å². The van der Waals surface area contributed by atoms with Gasteiger partial charge in [-0.3, -0.25) is 9.80 Å². The first kappa shape index (κ1) is 21.4. The van der Waals surface area contributed by atoms with Crippen molar-refractivity contribution in [2.75, 3.05) is 19.3 Å². The van der Waals surface area contributed by atoms with E-state index in [0.29, 0.717) is 17.1 Å². The summed E-state index contributed by atoms with van der Waals surface area (Å²) < 4.78 is 14.5. The second-order valence-corrected chi connectivity index (χ2v) is 9.00. The molecule has 0 spiro atoms. The summed E-state index contributed by atoms with van der Waals surface area (Å²) in [7, 11) is 0.